The van der Waals surface area contributed by atoms with Gasteiger partial charge in [0.15, 0.2) is 11.5 Å². The molecule has 7 heteroatoms. The molecule has 0 aromatic heterocycles. The molecule has 30 heavy (non-hydrogen) atoms. The minimum atomic E-state index is -0.348. The average molecular weight is 408 g/mol. The summed E-state index contributed by atoms with van der Waals surface area (Å²) in [5.74, 6) is 1.01. The Kier molecular flexibility index (Phi) is 5.35. The predicted molar refractivity (Wildman–Crippen MR) is 113 cm³/mol. The predicted octanol–water partition coefficient (Wildman–Crippen LogP) is 3.09. The Balaban J connectivity index is 1.80. The van der Waals surface area contributed by atoms with E-state index in [4.69, 9.17) is 14.2 Å². The number of imide groups is 1. The zero-order valence-corrected chi connectivity index (χ0v) is 17.3. The molecule has 2 aromatic rings. The molecule has 4 rings (SSSR count). The van der Waals surface area contributed by atoms with Gasteiger partial charge in [0, 0.05) is 19.2 Å². The lowest BCUT2D eigenvalue weighted by atomic mass is 10.0. The van der Waals surface area contributed by atoms with Crippen LogP contribution in [-0.2, 0) is 9.59 Å². The molecule has 1 fully saturated rings. The number of ether oxygens (including phenoxy) is 3. The quantitative estimate of drug-likeness (QED) is 0.685. The van der Waals surface area contributed by atoms with Crippen molar-refractivity contribution in [2.75, 3.05) is 39.3 Å². The Morgan fingerprint density at radius 2 is 1.43 bits per heavy atom. The molecule has 2 aliphatic rings. The van der Waals surface area contributed by atoms with Crippen LogP contribution in [0.3, 0.4) is 0 Å². The normalized spacial score (nSPS) is 16.5. The molecule has 0 aliphatic carbocycles. The highest BCUT2D eigenvalue weighted by molar-refractivity contribution is 6.45. The molecule has 2 amide bonds. The summed E-state index contributed by atoms with van der Waals surface area (Å²) in [6.45, 7) is 1.52. The Hall–Kier alpha value is -3.48. The van der Waals surface area contributed by atoms with Crippen molar-refractivity contribution < 1.29 is 23.8 Å². The second-order valence-electron chi connectivity index (χ2n) is 7.13. The van der Waals surface area contributed by atoms with Crippen molar-refractivity contribution >= 4 is 23.1 Å². The molecule has 0 spiro atoms. The van der Waals surface area contributed by atoms with Crippen LogP contribution in [0.25, 0.3) is 5.57 Å². The third-order valence-electron chi connectivity index (χ3n) is 5.49. The van der Waals surface area contributed by atoms with Gasteiger partial charge in [-0.25, -0.2) is 4.90 Å². The lowest BCUT2D eigenvalue weighted by Crippen LogP contribution is -2.34. The highest BCUT2D eigenvalue weighted by Gasteiger charge is 2.43. The van der Waals surface area contributed by atoms with E-state index in [1.165, 1.54) is 12.0 Å². The fourth-order valence-electron chi connectivity index (χ4n) is 3.97. The van der Waals surface area contributed by atoms with Gasteiger partial charge in [0.25, 0.3) is 11.8 Å². The first-order valence-electron chi connectivity index (χ1n) is 9.83. The summed E-state index contributed by atoms with van der Waals surface area (Å²) in [5.41, 5.74) is 2.01. The minimum absolute atomic E-state index is 0.320. The van der Waals surface area contributed by atoms with Crippen LogP contribution >= 0.6 is 0 Å². The molecule has 0 saturated carbocycles. The molecule has 2 aromatic carbocycles. The van der Waals surface area contributed by atoms with Crippen LogP contribution in [0.1, 0.15) is 18.4 Å². The Labute approximate surface area is 175 Å². The third-order valence-corrected chi connectivity index (χ3v) is 5.49. The first kappa shape index (κ1) is 19.8. The number of hydrogen-bond donors (Lipinski definition) is 0. The van der Waals surface area contributed by atoms with E-state index in [1.807, 2.05) is 17.0 Å². The SMILES string of the molecule is COc1ccc(C2=C(N3CCCC3)C(=O)N(c3ccc(OC)c(OC)c3)C2=O)cc1. The number of anilines is 1. The van der Waals surface area contributed by atoms with Crippen LogP contribution in [0.5, 0.6) is 17.2 Å². The smallest absolute Gasteiger partial charge is 0.282 e. The van der Waals surface area contributed by atoms with E-state index in [-0.39, 0.29) is 11.8 Å². The molecular formula is C23H24N2O5. The van der Waals surface area contributed by atoms with Crippen LogP contribution in [-0.4, -0.2) is 51.1 Å². The molecule has 156 valence electrons. The molecule has 0 atom stereocenters. The van der Waals surface area contributed by atoms with Crippen LogP contribution < -0.4 is 19.1 Å². The van der Waals surface area contributed by atoms with Crippen LogP contribution in [0.15, 0.2) is 48.2 Å². The summed E-state index contributed by atoms with van der Waals surface area (Å²) in [6.07, 6.45) is 1.99. The van der Waals surface area contributed by atoms with Gasteiger partial charge in [0.1, 0.15) is 11.4 Å². The molecule has 0 radical (unpaired) electrons. The Morgan fingerprint density at radius 1 is 0.767 bits per heavy atom. The average Bonchev–Trinajstić information content (AvgIpc) is 3.39. The van der Waals surface area contributed by atoms with Crippen molar-refractivity contribution in [3.8, 4) is 17.2 Å². The van der Waals surface area contributed by atoms with Crippen molar-refractivity contribution in [3.63, 3.8) is 0 Å². The van der Waals surface area contributed by atoms with Crippen molar-refractivity contribution in [2.45, 2.75) is 12.8 Å². The lowest BCUT2D eigenvalue weighted by molar-refractivity contribution is -0.120. The number of amides is 2. The lowest BCUT2D eigenvalue weighted by Gasteiger charge is -2.20. The summed E-state index contributed by atoms with van der Waals surface area (Å²) < 4.78 is 15.9. The van der Waals surface area contributed by atoms with E-state index in [0.717, 1.165) is 25.9 Å². The standard InChI is InChI=1S/C23H24N2O5/c1-28-17-9-6-15(7-10-17)20-21(24-12-4-5-13-24)23(27)25(22(20)26)16-8-11-18(29-2)19(14-16)30-3/h6-11,14H,4-5,12-13H2,1-3H3. The van der Waals surface area contributed by atoms with Gasteiger partial charge in [-0.05, 0) is 42.7 Å². The van der Waals surface area contributed by atoms with Gasteiger partial charge in [0.05, 0.1) is 32.6 Å². The maximum absolute atomic E-state index is 13.5. The molecule has 0 bridgehead atoms. The number of carbonyl (C=O) groups excluding carboxylic acids is 2. The van der Waals surface area contributed by atoms with E-state index in [1.54, 1.807) is 44.6 Å². The monoisotopic (exact) mass is 408 g/mol. The van der Waals surface area contributed by atoms with E-state index in [2.05, 4.69) is 0 Å². The number of nitrogens with zero attached hydrogens (tertiary/aromatic N) is 2. The maximum atomic E-state index is 13.5. The number of methoxy groups -OCH3 is 3. The fraction of sp³-hybridized carbons (Fsp3) is 0.304. The Bertz CT molecular complexity index is 1010. The van der Waals surface area contributed by atoms with Crippen molar-refractivity contribution in [2.24, 2.45) is 0 Å². The number of benzene rings is 2. The van der Waals surface area contributed by atoms with E-state index < -0.39 is 0 Å². The summed E-state index contributed by atoms with van der Waals surface area (Å²) >= 11 is 0. The maximum Gasteiger partial charge on any atom is 0.282 e. The summed E-state index contributed by atoms with van der Waals surface area (Å²) in [4.78, 5) is 30.2. The van der Waals surface area contributed by atoms with Crippen LogP contribution in [0.4, 0.5) is 5.69 Å². The van der Waals surface area contributed by atoms with Gasteiger partial charge < -0.3 is 19.1 Å². The molecule has 1 saturated heterocycles. The summed E-state index contributed by atoms with van der Waals surface area (Å²) in [7, 11) is 4.65. The highest BCUT2D eigenvalue weighted by Crippen LogP contribution is 2.39. The van der Waals surface area contributed by atoms with Gasteiger partial charge in [-0.3, -0.25) is 9.59 Å². The van der Waals surface area contributed by atoms with Gasteiger partial charge in [0.2, 0.25) is 0 Å². The number of rotatable bonds is 6. The van der Waals surface area contributed by atoms with E-state index >= 15 is 0 Å². The first-order chi connectivity index (χ1) is 14.6. The second-order valence-corrected chi connectivity index (χ2v) is 7.13. The van der Waals surface area contributed by atoms with Crippen molar-refractivity contribution in [3.05, 3.63) is 53.7 Å². The number of hydrogen-bond acceptors (Lipinski definition) is 6. The largest absolute Gasteiger partial charge is 0.497 e. The van der Waals surface area contributed by atoms with Crippen molar-refractivity contribution in [1.29, 1.82) is 0 Å². The fourth-order valence-corrected chi connectivity index (χ4v) is 3.97. The molecule has 2 heterocycles. The summed E-state index contributed by atoms with van der Waals surface area (Å²) in [6, 6.07) is 12.2. The molecule has 2 aliphatic heterocycles. The minimum Gasteiger partial charge on any atom is -0.497 e. The van der Waals surface area contributed by atoms with Crippen molar-refractivity contribution in [1.82, 2.24) is 4.90 Å². The second kappa shape index (κ2) is 8.10. The summed E-state index contributed by atoms with van der Waals surface area (Å²) in [5, 5.41) is 0. The van der Waals surface area contributed by atoms with Crippen LogP contribution in [0.2, 0.25) is 0 Å². The molecule has 0 unspecified atom stereocenters. The topological polar surface area (TPSA) is 68.3 Å². The molecule has 0 N–H and O–H groups in total. The zero-order chi connectivity index (χ0) is 21.3. The van der Waals surface area contributed by atoms with E-state index in [9.17, 15) is 9.59 Å². The number of carbonyl (C=O) groups is 2. The van der Waals surface area contributed by atoms with Gasteiger partial charge in [-0.15, -0.1) is 0 Å². The molecule has 7 nitrogen and oxygen atoms in total. The first-order valence-corrected chi connectivity index (χ1v) is 9.83. The van der Waals surface area contributed by atoms with Crippen LogP contribution in [0, 0.1) is 0 Å². The van der Waals surface area contributed by atoms with Gasteiger partial charge in [-0.1, -0.05) is 12.1 Å². The third kappa shape index (κ3) is 3.26. The Morgan fingerprint density at radius 3 is 2.03 bits per heavy atom. The van der Waals surface area contributed by atoms with E-state index in [0.29, 0.717) is 39.8 Å². The zero-order valence-electron chi connectivity index (χ0n) is 17.3. The van der Waals surface area contributed by atoms with Gasteiger partial charge >= 0.3 is 0 Å². The number of likely N-dealkylation sites (tertiary alicyclic amines) is 1. The molecular weight excluding hydrogens is 384 g/mol. The highest BCUT2D eigenvalue weighted by atomic mass is 16.5. The van der Waals surface area contributed by atoms with Gasteiger partial charge in [-0.2, -0.15) is 0 Å².